The average Bonchev–Trinajstić information content (AvgIpc) is 2.68. The fourth-order valence-corrected chi connectivity index (χ4v) is 3.54. The second-order valence-corrected chi connectivity index (χ2v) is 7.60. The van der Waals surface area contributed by atoms with Gasteiger partial charge in [-0.1, -0.05) is 47.6 Å². The van der Waals surface area contributed by atoms with E-state index < -0.39 is 10.8 Å². The number of allylic oxidation sites excluding steroid dienone is 1. The van der Waals surface area contributed by atoms with Crippen molar-refractivity contribution >= 4 is 16.5 Å². The van der Waals surface area contributed by atoms with E-state index in [1.54, 1.807) is 0 Å². The summed E-state index contributed by atoms with van der Waals surface area (Å²) < 4.78 is 24.1. The first-order chi connectivity index (χ1) is 13.5. The first-order valence-electron chi connectivity index (χ1n) is 9.03. The Labute approximate surface area is 169 Å². The number of hydrogen-bond acceptors (Lipinski definition) is 5. The highest BCUT2D eigenvalue weighted by molar-refractivity contribution is 7.85. The number of aryl methyl sites for hydroxylation is 2. The van der Waals surface area contributed by atoms with Gasteiger partial charge in [-0.3, -0.25) is 4.21 Å². The Balaban J connectivity index is 2.01. The molecule has 0 amide bonds. The van der Waals surface area contributed by atoms with Crippen molar-refractivity contribution in [2.45, 2.75) is 20.8 Å². The molecule has 2 aromatic rings. The van der Waals surface area contributed by atoms with Crippen LogP contribution in [0, 0.1) is 13.8 Å². The minimum atomic E-state index is -1.25. The fourth-order valence-electron chi connectivity index (χ4n) is 2.68. The standard InChI is InChI=1S/C22H27NO4S/c1-5-6-12-26-20-13-17(2)22(18(3)14-20)27-16-28(24)15-21(23-25-4)19-10-8-7-9-11-19/h5-11,13-14H,12,15-16H2,1-4H3/b6-5+,23-21-. The molecular formula is C22H27NO4S. The second kappa shape index (κ2) is 11.3. The van der Waals surface area contributed by atoms with Gasteiger partial charge in [-0.25, -0.2) is 0 Å². The Bertz CT molecular complexity index is 824. The van der Waals surface area contributed by atoms with Crippen molar-refractivity contribution in [1.82, 2.24) is 0 Å². The van der Waals surface area contributed by atoms with Crippen LogP contribution < -0.4 is 9.47 Å². The van der Waals surface area contributed by atoms with E-state index >= 15 is 0 Å². The van der Waals surface area contributed by atoms with Crippen LogP contribution in [0.15, 0.2) is 59.8 Å². The summed E-state index contributed by atoms with van der Waals surface area (Å²) in [5.74, 6) is 1.85. The molecule has 6 heteroatoms. The van der Waals surface area contributed by atoms with Gasteiger partial charge in [-0.2, -0.15) is 0 Å². The van der Waals surface area contributed by atoms with Crippen molar-refractivity contribution in [1.29, 1.82) is 0 Å². The van der Waals surface area contributed by atoms with Crippen LogP contribution in [0.4, 0.5) is 0 Å². The molecule has 0 aliphatic carbocycles. The van der Waals surface area contributed by atoms with Crippen LogP contribution in [-0.4, -0.2) is 35.3 Å². The summed E-state index contributed by atoms with van der Waals surface area (Å²) in [6.45, 7) is 6.39. The number of benzene rings is 2. The number of ether oxygens (including phenoxy) is 2. The molecule has 0 radical (unpaired) electrons. The zero-order chi connectivity index (χ0) is 20.4. The molecular weight excluding hydrogens is 374 g/mol. The highest BCUT2D eigenvalue weighted by atomic mass is 32.2. The van der Waals surface area contributed by atoms with E-state index in [0.717, 1.165) is 28.2 Å². The lowest BCUT2D eigenvalue weighted by atomic mass is 10.1. The summed E-state index contributed by atoms with van der Waals surface area (Å²) >= 11 is 0. The zero-order valence-electron chi connectivity index (χ0n) is 16.8. The monoisotopic (exact) mass is 401 g/mol. The quantitative estimate of drug-likeness (QED) is 0.336. The molecule has 1 unspecified atom stereocenters. The Morgan fingerprint density at radius 1 is 1.11 bits per heavy atom. The Kier molecular flexibility index (Phi) is 8.75. The highest BCUT2D eigenvalue weighted by Crippen LogP contribution is 2.28. The molecule has 0 N–H and O–H groups in total. The molecule has 1 atom stereocenters. The molecule has 0 heterocycles. The summed E-state index contributed by atoms with van der Waals surface area (Å²) in [7, 11) is 0.227. The van der Waals surface area contributed by atoms with E-state index in [0.29, 0.717) is 12.3 Å². The topological polar surface area (TPSA) is 57.1 Å². The van der Waals surface area contributed by atoms with Crippen molar-refractivity contribution < 1.29 is 18.5 Å². The van der Waals surface area contributed by atoms with Gasteiger partial charge in [0, 0.05) is 5.56 Å². The molecule has 0 spiro atoms. The average molecular weight is 402 g/mol. The molecule has 0 bridgehead atoms. The van der Waals surface area contributed by atoms with Gasteiger partial charge in [0.15, 0.2) is 5.94 Å². The van der Waals surface area contributed by atoms with Gasteiger partial charge in [0.2, 0.25) is 0 Å². The predicted molar refractivity (Wildman–Crippen MR) is 115 cm³/mol. The normalized spacial score (nSPS) is 12.8. The van der Waals surface area contributed by atoms with Gasteiger partial charge in [0.1, 0.15) is 25.2 Å². The third-order valence-corrected chi connectivity index (χ3v) is 4.93. The lowest BCUT2D eigenvalue weighted by molar-refractivity contribution is 0.213. The van der Waals surface area contributed by atoms with Gasteiger partial charge in [-0.05, 0) is 44.0 Å². The van der Waals surface area contributed by atoms with Crippen LogP contribution in [-0.2, 0) is 15.6 Å². The Morgan fingerprint density at radius 2 is 1.79 bits per heavy atom. The summed E-state index contributed by atoms with van der Waals surface area (Å²) in [6, 6.07) is 13.4. The summed E-state index contributed by atoms with van der Waals surface area (Å²) in [5.41, 5.74) is 3.40. The molecule has 2 aromatic carbocycles. The minimum absolute atomic E-state index is 0.0794. The van der Waals surface area contributed by atoms with E-state index in [9.17, 15) is 4.21 Å². The van der Waals surface area contributed by atoms with Gasteiger partial charge < -0.3 is 14.3 Å². The fraction of sp³-hybridized carbons (Fsp3) is 0.318. The van der Waals surface area contributed by atoms with Crippen LogP contribution in [0.5, 0.6) is 11.5 Å². The SMILES string of the molecule is C/C=C/COc1cc(C)c(OCS(=O)C/C(=N/OC)c2ccccc2)c(C)c1. The maximum absolute atomic E-state index is 12.6. The Hall–Kier alpha value is -2.60. The van der Waals surface area contributed by atoms with Crippen molar-refractivity contribution in [3.63, 3.8) is 0 Å². The number of hydrogen-bond donors (Lipinski definition) is 0. The van der Waals surface area contributed by atoms with E-state index in [1.165, 1.54) is 7.11 Å². The third-order valence-electron chi connectivity index (χ3n) is 3.96. The van der Waals surface area contributed by atoms with Crippen molar-refractivity contribution in [3.8, 4) is 11.5 Å². The minimum Gasteiger partial charge on any atom is -0.490 e. The van der Waals surface area contributed by atoms with Crippen molar-refractivity contribution in [3.05, 3.63) is 71.3 Å². The second-order valence-electron chi connectivity index (χ2n) is 6.20. The molecule has 0 aliphatic heterocycles. The first kappa shape index (κ1) is 21.7. The van der Waals surface area contributed by atoms with Gasteiger partial charge >= 0.3 is 0 Å². The van der Waals surface area contributed by atoms with E-state index in [1.807, 2.05) is 75.4 Å². The zero-order valence-corrected chi connectivity index (χ0v) is 17.6. The van der Waals surface area contributed by atoms with Gasteiger partial charge in [0.05, 0.1) is 22.3 Å². The van der Waals surface area contributed by atoms with E-state index in [-0.39, 0.29) is 11.7 Å². The van der Waals surface area contributed by atoms with E-state index in [4.69, 9.17) is 14.3 Å². The molecule has 0 aromatic heterocycles. The summed E-state index contributed by atoms with van der Waals surface area (Å²) in [4.78, 5) is 4.91. The molecule has 0 aliphatic rings. The summed E-state index contributed by atoms with van der Waals surface area (Å²) in [5, 5.41) is 4.02. The third kappa shape index (κ3) is 6.53. The van der Waals surface area contributed by atoms with Crippen LogP contribution in [0.2, 0.25) is 0 Å². The first-order valence-corrected chi connectivity index (χ1v) is 10.5. The number of nitrogens with zero attached hydrogens (tertiary/aromatic N) is 1. The molecule has 0 saturated carbocycles. The van der Waals surface area contributed by atoms with Gasteiger partial charge in [-0.15, -0.1) is 0 Å². The van der Waals surface area contributed by atoms with Gasteiger partial charge in [0.25, 0.3) is 0 Å². The van der Waals surface area contributed by atoms with Crippen molar-refractivity contribution in [2.75, 3.05) is 25.4 Å². The molecule has 5 nitrogen and oxygen atoms in total. The molecule has 150 valence electrons. The van der Waals surface area contributed by atoms with Crippen LogP contribution in [0.3, 0.4) is 0 Å². The van der Waals surface area contributed by atoms with Crippen molar-refractivity contribution in [2.24, 2.45) is 5.16 Å². The van der Waals surface area contributed by atoms with E-state index in [2.05, 4.69) is 5.16 Å². The number of oxime groups is 1. The Morgan fingerprint density at radius 3 is 2.39 bits per heavy atom. The highest BCUT2D eigenvalue weighted by Gasteiger charge is 2.13. The van der Waals surface area contributed by atoms with Crippen LogP contribution in [0.25, 0.3) is 0 Å². The predicted octanol–water partition coefficient (Wildman–Crippen LogP) is 4.39. The van der Waals surface area contributed by atoms with Crippen LogP contribution in [0.1, 0.15) is 23.6 Å². The maximum Gasteiger partial charge on any atom is 0.163 e. The molecule has 0 fully saturated rings. The number of rotatable bonds is 10. The smallest absolute Gasteiger partial charge is 0.163 e. The van der Waals surface area contributed by atoms with Crippen LogP contribution >= 0.6 is 0 Å². The lowest BCUT2D eigenvalue weighted by Gasteiger charge is -2.14. The largest absolute Gasteiger partial charge is 0.490 e. The summed E-state index contributed by atoms with van der Waals surface area (Å²) in [6.07, 6.45) is 3.90. The molecule has 2 rings (SSSR count). The molecule has 0 saturated heterocycles. The maximum atomic E-state index is 12.6. The lowest BCUT2D eigenvalue weighted by Crippen LogP contribution is -2.18. The molecule has 28 heavy (non-hydrogen) atoms.